The van der Waals surface area contributed by atoms with Gasteiger partial charge in [0.2, 0.25) is 0 Å². The summed E-state index contributed by atoms with van der Waals surface area (Å²) in [7, 11) is 0. The maximum absolute atomic E-state index is 13.5. The van der Waals surface area contributed by atoms with Gasteiger partial charge in [-0.1, -0.05) is 12.1 Å². The van der Waals surface area contributed by atoms with Crippen LogP contribution in [0.4, 0.5) is 25.8 Å². The van der Waals surface area contributed by atoms with Crippen molar-refractivity contribution in [2.75, 3.05) is 36.8 Å². The Morgan fingerprint density at radius 1 is 0.552 bits per heavy atom. The molecular weight excluding hydrogens is 748 g/mol. The Kier molecular flexibility index (Phi) is 14.2. The first-order chi connectivity index (χ1) is 26.7. The first kappa shape index (κ1) is 45.5. The molecule has 0 spiro atoms. The van der Waals surface area contributed by atoms with Gasteiger partial charge in [0, 0.05) is 61.5 Å². The van der Waals surface area contributed by atoms with Gasteiger partial charge in [0.1, 0.15) is 33.9 Å². The summed E-state index contributed by atoms with van der Waals surface area (Å²) in [5, 5.41) is 5.57. The van der Waals surface area contributed by atoms with E-state index in [-0.39, 0.29) is 24.9 Å². The number of nitrogens with one attached hydrogen (secondary N) is 2. The molecule has 4 rings (SSSR count). The molecule has 0 aliphatic carbocycles. The van der Waals surface area contributed by atoms with Crippen molar-refractivity contribution in [1.82, 2.24) is 9.80 Å². The topological polar surface area (TPSA) is 171 Å². The number of hydrogen-bond acceptors (Lipinski definition) is 11. The number of nitrogens with zero attached hydrogens (tertiary/aromatic N) is 2. The summed E-state index contributed by atoms with van der Waals surface area (Å²) >= 11 is 0. The standard InChI is InChI=1S/C43H62N4O11/c1-40(2,3)55-35(48)33(27-19-21-46(25-27)38(51)57-42(7,8)9)53-31-17-13-15-29(23-31)44-37(50)45-30-16-14-18-32(24-30)54-34(36(49)56-41(4,5)6)28-20-22-47(26-28)39(52)58-43(10,11)12/h13-18,23-24,27-28,33-34H,19-22,25-26H2,1-12H3,(H2,44,45,50)/t27-,28-,33-,34-/m0/s1. The summed E-state index contributed by atoms with van der Waals surface area (Å²) in [6.45, 7) is 22.7. The lowest BCUT2D eigenvalue weighted by Gasteiger charge is -2.28. The van der Waals surface area contributed by atoms with E-state index in [1.165, 1.54) is 0 Å². The van der Waals surface area contributed by atoms with E-state index >= 15 is 0 Å². The van der Waals surface area contributed by atoms with E-state index in [0.717, 1.165) is 0 Å². The van der Waals surface area contributed by atoms with Crippen LogP contribution >= 0.6 is 0 Å². The molecule has 2 saturated heterocycles. The van der Waals surface area contributed by atoms with Crippen LogP contribution in [0.3, 0.4) is 0 Å². The highest BCUT2D eigenvalue weighted by Gasteiger charge is 2.42. The Hall–Kier alpha value is -5.21. The van der Waals surface area contributed by atoms with Crippen molar-refractivity contribution in [2.45, 2.75) is 131 Å². The Bertz CT molecular complexity index is 1660. The molecule has 0 saturated carbocycles. The van der Waals surface area contributed by atoms with Crippen LogP contribution < -0.4 is 20.1 Å². The average Bonchev–Trinajstić information content (AvgIpc) is 3.74. The third-order valence-corrected chi connectivity index (χ3v) is 8.60. The van der Waals surface area contributed by atoms with Gasteiger partial charge in [0.05, 0.1) is 0 Å². The van der Waals surface area contributed by atoms with Crippen molar-refractivity contribution < 1.29 is 52.4 Å². The summed E-state index contributed by atoms with van der Waals surface area (Å²) in [6, 6.07) is 12.6. The number of carbonyl (C=O) groups is 5. The number of esters is 2. The zero-order valence-corrected chi connectivity index (χ0v) is 36.1. The Morgan fingerprint density at radius 2 is 0.897 bits per heavy atom. The van der Waals surface area contributed by atoms with E-state index in [0.29, 0.717) is 48.8 Å². The normalized spacial score (nSPS) is 18.4. The minimum atomic E-state index is -1.03. The number of amides is 4. The predicted molar refractivity (Wildman–Crippen MR) is 218 cm³/mol. The lowest BCUT2D eigenvalue weighted by atomic mass is 10.0. The quantitative estimate of drug-likeness (QED) is 0.176. The fraction of sp³-hybridized carbons (Fsp3) is 0.605. The zero-order chi connectivity index (χ0) is 43.2. The lowest BCUT2D eigenvalue weighted by Crippen LogP contribution is -2.42. The maximum Gasteiger partial charge on any atom is 0.410 e. The van der Waals surface area contributed by atoms with Crippen LogP contribution in [-0.4, -0.2) is 101 Å². The van der Waals surface area contributed by atoms with E-state index in [4.69, 9.17) is 28.4 Å². The molecule has 0 bridgehead atoms. The fourth-order valence-electron chi connectivity index (χ4n) is 6.33. The molecule has 0 radical (unpaired) electrons. The third kappa shape index (κ3) is 14.6. The number of benzene rings is 2. The highest BCUT2D eigenvalue weighted by molar-refractivity contribution is 6.00. The first-order valence-corrected chi connectivity index (χ1v) is 19.8. The number of rotatable bonds is 10. The number of urea groups is 1. The smallest absolute Gasteiger partial charge is 0.410 e. The zero-order valence-electron chi connectivity index (χ0n) is 36.1. The monoisotopic (exact) mass is 810 g/mol. The predicted octanol–water partition coefficient (Wildman–Crippen LogP) is 8.02. The second-order valence-electron chi connectivity index (χ2n) is 18.7. The van der Waals surface area contributed by atoms with Crippen LogP contribution in [0.15, 0.2) is 48.5 Å². The van der Waals surface area contributed by atoms with Gasteiger partial charge in [-0.15, -0.1) is 0 Å². The van der Waals surface area contributed by atoms with Gasteiger partial charge < -0.3 is 48.9 Å². The van der Waals surface area contributed by atoms with E-state index in [9.17, 15) is 24.0 Å². The molecule has 4 atom stereocenters. The summed E-state index contributed by atoms with van der Waals surface area (Å²) in [5.41, 5.74) is -2.12. The van der Waals surface area contributed by atoms with Gasteiger partial charge in [0.15, 0.2) is 12.2 Å². The molecular formula is C43H62N4O11. The molecule has 0 unspecified atom stereocenters. The van der Waals surface area contributed by atoms with Crippen molar-refractivity contribution in [3.8, 4) is 11.5 Å². The Balaban J connectivity index is 1.44. The van der Waals surface area contributed by atoms with Gasteiger partial charge in [-0.2, -0.15) is 0 Å². The van der Waals surface area contributed by atoms with Crippen LogP contribution in [-0.2, 0) is 28.5 Å². The average molecular weight is 811 g/mol. The second kappa shape index (κ2) is 18.2. The van der Waals surface area contributed by atoms with Crippen LogP contribution in [0.2, 0.25) is 0 Å². The van der Waals surface area contributed by atoms with E-state index in [2.05, 4.69) is 10.6 Å². The fourth-order valence-corrected chi connectivity index (χ4v) is 6.33. The molecule has 2 aliphatic rings. The number of hydrogen-bond donors (Lipinski definition) is 2. The summed E-state index contributed by atoms with van der Waals surface area (Å²) in [5.74, 6) is -1.25. The van der Waals surface area contributed by atoms with Gasteiger partial charge in [-0.05, 0) is 120 Å². The minimum absolute atomic E-state index is 0.242. The van der Waals surface area contributed by atoms with Gasteiger partial charge in [-0.3, -0.25) is 0 Å². The summed E-state index contributed by atoms with van der Waals surface area (Å²) in [6.07, 6.45) is -2.00. The van der Waals surface area contributed by atoms with Crippen LogP contribution in [0.1, 0.15) is 95.9 Å². The molecule has 0 aromatic heterocycles. The molecule has 2 fully saturated rings. The highest BCUT2D eigenvalue weighted by atomic mass is 16.6. The van der Waals surface area contributed by atoms with Crippen molar-refractivity contribution in [3.05, 3.63) is 48.5 Å². The first-order valence-electron chi connectivity index (χ1n) is 19.8. The van der Waals surface area contributed by atoms with E-state index in [1.807, 2.05) is 0 Å². The van der Waals surface area contributed by atoms with E-state index < -0.39 is 64.8 Å². The molecule has 4 amide bonds. The Morgan fingerprint density at radius 3 is 1.22 bits per heavy atom. The number of carbonyl (C=O) groups excluding carboxylic acids is 5. The molecule has 15 nitrogen and oxygen atoms in total. The molecule has 2 aliphatic heterocycles. The maximum atomic E-state index is 13.5. The lowest BCUT2D eigenvalue weighted by molar-refractivity contribution is -0.167. The summed E-state index contributed by atoms with van der Waals surface area (Å²) in [4.78, 5) is 68.8. The molecule has 2 heterocycles. The second-order valence-corrected chi connectivity index (χ2v) is 18.7. The van der Waals surface area contributed by atoms with Gasteiger partial charge in [-0.25, -0.2) is 24.0 Å². The van der Waals surface area contributed by atoms with Crippen molar-refractivity contribution in [3.63, 3.8) is 0 Å². The highest BCUT2D eigenvalue weighted by Crippen LogP contribution is 2.31. The molecule has 2 aromatic rings. The molecule has 2 N–H and O–H groups in total. The van der Waals surface area contributed by atoms with Crippen LogP contribution in [0.5, 0.6) is 11.5 Å². The number of likely N-dealkylation sites (tertiary alicyclic amines) is 2. The van der Waals surface area contributed by atoms with E-state index in [1.54, 1.807) is 141 Å². The molecule has 2 aromatic carbocycles. The third-order valence-electron chi connectivity index (χ3n) is 8.60. The number of anilines is 2. The van der Waals surface area contributed by atoms with Crippen molar-refractivity contribution in [1.29, 1.82) is 0 Å². The molecule has 15 heteroatoms. The Labute approximate surface area is 342 Å². The molecule has 320 valence electrons. The minimum Gasteiger partial charge on any atom is -0.478 e. The number of ether oxygens (including phenoxy) is 6. The SMILES string of the molecule is CC(C)(C)OC(=O)[C@@H](Oc1cccc(NC(=O)Nc2cccc(O[C@H](C(=O)OC(C)(C)C)[C@H]3CCN(C(=O)OC(C)(C)C)C3)c2)c1)[C@H]1CCN(C(=O)OC(C)(C)C)C1. The van der Waals surface area contributed by atoms with Crippen LogP contribution in [0.25, 0.3) is 0 Å². The van der Waals surface area contributed by atoms with Crippen molar-refractivity contribution >= 4 is 41.5 Å². The summed E-state index contributed by atoms with van der Waals surface area (Å²) < 4.78 is 35.0. The van der Waals surface area contributed by atoms with Gasteiger partial charge in [0.25, 0.3) is 0 Å². The van der Waals surface area contributed by atoms with Crippen molar-refractivity contribution in [2.24, 2.45) is 11.8 Å². The van der Waals surface area contributed by atoms with Gasteiger partial charge >= 0.3 is 30.2 Å². The largest absolute Gasteiger partial charge is 0.478 e. The molecule has 58 heavy (non-hydrogen) atoms. The van der Waals surface area contributed by atoms with Crippen LogP contribution in [0, 0.1) is 11.8 Å².